The van der Waals surface area contributed by atoms with E-state index in [0.717, 1.165) is 23.5 Å². The summed E-state index contributed by atoms with van der Waals surface area (Å²) in [5, 5.41) is 2.90. The van der Waals surface area contributed by atoms with Gasteiger partial charge in [0.2, 0.25) is 15.9 Å². The molecule has 0 aromatic heterocycles. The Labute approximate surface area is 180 Å². The fraction of sp³-hybridized carbons (Fsp3) is 0.350. The van der Waals surface area contributed by atoms with Gasteiger partial charge in [0.25, 0.3) is 0 Å². The molecule has 2 aromatic carbocycles. The summed E-state index contributed by atoms with van der Waals surface area (Å²) < 4.78 is 32.4. The summed E-state index contributed by atoms with van der Waals surface area (Å²) in [6, 6.07) is 12.0. The lowest BCUT2D eigenvalue weighted by Crippen LogP contribution is -2.28. The van der Waals surface area contributed by atoms with Crippen LogP contribution in [-0.2, 0) is 14.8 Å². The molecule has 6 nitrogen and oxygen atoms in total. The summed E-state index contributed by atoms with van der Waals surface area (Å²) in [5.74, 6) is 0.759. The molecular formula is C20H23ClN2O4S2. The van der Waals surface area contributed by atoms with E-state index in [9.17, 15) is 13.2 Å². The highest BCUT2D eigenvalue weighted by atomic mass is 35.5. The van der Waals surface area contributed by atoms with E-state index in [-0.39, 0.29) is 21.6 Å². The molecule has 1 fully saturated rings. The van der Waals surface area contributed by atoms with Gasteiger partial charge in [-0.05, 0) is 62.2 Å². The largest absolute Gasteiger partial charge is 0.494 e. The van der Waals surface area contributed by atoms with Gasteiger partial charge in [-0.25, -0.2) is 8.42 Å². The predicted octanol–water partition coefficient (Wildman–Crippen LogP) is 4.25. The molecular weight excluding hydrogens is 432 g/mol. The van der Waals surface area contributed by atoms with Crippen LogP contribution < -0.4 is 10.1 Å². The second kappa shape index (κ2) is 9.84. The molecule has 0 radical (unpaired) electrons. The van der Waals surface area contributed by atoms with Crippen molar-refractivity contribution in [3.05, 3.63) is 47.5 Å². The van der Waals surface area contributed by atoms with E-state index in [1.54, 1.807) is 6.07 Å². The number of thioether (sulfide) groups is 1. The Morgan fingerprint density at radius 3 is 2.52 bits per heavy atom. The van der Waals surface area contributed by atoms with E-state index in [1.165, 1.54) is 28.2 Å². The van der Waals surface area contributed by atoms with Gasteiger partial charge in [0.1, 0.15) is 10.6 Å². The topological polar surface area (TPSA) is 75.7 Å². The van der Waals surface area contributed by atoms with E-state index >= 15 is 0 Å². The molecule has 1 heterocycles. The lowest BCUT2D eigenvalue weighted by molar-refractivity contribution is -0.113. The summed E-state index contributed by atoms with van der Waals surface area (Å²) in [6.45, 7) is 3.51. The molecule has 3 rings (SSSR count). The Balaban J connectivity index is 1.63. The van der Waals surface area contributed by atoms with Crippen LogP contribution in [-0.4, -0.2) is 44.1 Å². The number of benzene rings is 2. The van der Waals surface area contributed by atoms with Gasteiger partial charge in [0.15, 0.2) is 0 Å². The summed E-state index contributed by atoms with van der Waals surface area (Å²) in [5.41, 5.74) is 0.407. The van der Waals surface area contributed by atoms with Crippen molar-refractivity contribution in [3.63, 3.8) is 0 Å². The maximum Gasteiger partial charge on any atom is 0.244 e. The van der Waals surface area contributed by atoms with Crippen LogP contribution in [0.5, 0.6) is 5.75 Å². The van der Waals surface area contributed by atoms with Gasteiger partial charge in [-0.15, -0.1) is 11.8 Å². The number of nitrogens with one attached hydrogen (secondary N) is 1. The maximum atomic E-state index is 12.8. The summed E-state index contributed by atoms with van der Waals surface area (Å²) in [6.07, 6.45) is 1.69. The standard InChI is InChI=1S/C20H23ClN2O4S2/c1-2-27-16-6-8-17(9-7-16)28-14-20(24)22-15-5-10-18(21)19(13-15)29(25,26)23-11-3-4-12-23/h5-10,13H,2-4,11-12,14H2,1H3,(H,22,24). The van der Waals surface area contributed by atoms with Gasteiger partial charge in [-0.2, -0.15) is 4.31 Å². The van der Waals surface area contributed by atoms with Crippen LogP contribution in [0.3, 0.4) is 0 Å². The molecule has 156 valence electrons. The van der Waals surface area contributed by atoms with Crippen LogP contribution in [0.25, 0.3) is 0 Å². The van der Waals surface area contributed by atoms with Crippen molar-refractivity contribution in [2.45, 2.75) is 29.6 Å². The fourth-order valence-electron chi connectivity index (χ4n) is 2.99. The molecule has 0 aliphatic carbocycles. The van der Waals surface area contributed by atoms with E-state index < -0.39 is 10.0 Å². The van der Waals surface area contributed by atoms with Gasteiger partial charge in [0.05, 0.1) is 17.4 Å². The molecule has 1 N–H and O–H groups in total. The van der Waals surface area contributed by atoms with E-state index in [4.69, 9.17) is 16.3 Å². The van der Waals surface area contributed by atoms with Crippen molar-refractivity contribution in [2.75, 3.05) is 30.8 Å². The molecule has 1 aliphatic heterocycles. The molecule has 1 aliphatic rings. The van der Waals surface area contributed by atoms with Crippen LogP contribution in [0.4, 0.5) is 5.69 Å². The summed E-state index contributed by atoms with van der Waals surface area (Å²) in [4.78, 5) is 13.3. The van der Waals surface area contributed by atoms with Gasteiger partial charge in [-0.3, -0.25) is 4.79 Å². The minimum Gasteiger partial charge on any atom is -0.494 e. The van der Waals surface area contributed by atoms with Crippen molar-refractivity contribution in [1.29, 1.82) is 0 Å². The van der Waals surface area contributed by atoms with Crippen LogP contribution in [0.1, 0.15) is 19.8 Å². The van der Waals surface area contributed by atoms with Crippen LogP contribution in [0, 0.1) is 0 Å². The maximum absolute atomic E-state index is 12.8. The number of hydrogen-bond acceptors (Lipinski definition) is 5. The highest BCUT2D eigenvalue weighted by Gasteiger charge is 2.29. The second-order valence-electron chi connectivity index (χ2n) is 6.50. The first kappa shape index (κ1) is 22.0. The van der Waals surface area contributed by atoms with Gasteiger partial charge in [-0.1, -0.05) is 11.6 Å². The molecule has 1 saturated heterocycles. The number of hydrogen-bond donors (Lipinski definition) is 1. The number of sulfonamides is 1. The first-order chi connectivity index (χ1) is 13.9. The molecule has 2 aromatic rings. The molecule has 0 saturated carbocycles. The summed E-state index contributed by atoms with van der Waals surface area (Å²) >= 11 is 7.53. The normalized spacial score (nSPS) is 14.7. The third-order valence-electron chi connectivity index (χ3n) is 4.40. The highest BCUT2D eigenvalue weighted by Crippen LogP contribution is 2.30. The SMILES string of the molecule is CCOc1ccc(SCC(=O)Nc2ccc(Cl)c(S(=O)(=O)N3CCCC3)c2)cc1. The van der Waals surface area contributed by atoms with Crippen molar-refractivity contribution in [1.82, 2.24) is 4.31 Å². The summed E-state index contributed by atoms with van der Waals surface area (Å²) in [7, 11) is -3.66. The van der Waals surface area contributed by atoms with E-state index in [1.807, 2.05) is 31.2 Å². The number of halogens is 1. The molecule has 9 heteroatoms. The number of anilines is 1. The molecule has 0 atom stereocenters. The first-order valence-electron chi connectivity index (χ1n) is 9.35. The molecule has 0 unspecified atom stereocenters. The van der Waals surface area contributed by atoms with Crippen molar-refractivity contribution in [3.8, 4) is 5.75 Å². The highest BCUT2D eigenvalue weighted by molar-refractivity contribution is 8.00. The van der Waals surface area contributed by atoms with E-state index in [2.05, 4.69) is 5.32 Å². The Morgan fingerprint density at radius 2 is 1.86 bits per heavy atom. The van der Waals surface area contributed by atoms with Crippen molar-refractivity contribution < 1.29 is 17.9 Å². The number of carbonyl (C=O) groups excluding carboxylic acids is 1. The molecule has 0 spiro atoms. The number of rotatable bonds is 8. The third kappa shape index (κ3) is 5.66. The number of ether oxygens (including phenoxy) is 1. The minimum atomic E-state index is -3.66. The molecule has 1 amide bonds. The zero-order valence-electron chi connectivity index (χ0n) is 16.1. The monoisotopic (exact) mass is 454 g/mol. The number of amides is 1. The number of carbonyl (C=O) groups is 1. The van der Waals surface area contributed by atoms with Gasteiger partial charge in [0, 0.05) is 23.7 Å². The van der Waals surface area contributed by atoms with Crippen LogP contribution in [0.2, 0.25) is 5.02 Å². The van der Waals surface area contributed by atoms with E-state index in [0.29, 0.717) is 25.4 Å². The average Bonchev–Trinajstić information content (AvgIpc) is 3.25. The zero-order chi connectivity index (χ0) is 20.9. The lowest BCUT2D eigenvalue weighted by Gasteiger charge is -2.17. The Bertz CT molecular complexity index is 959. The van der Waals surface area contributed by atoms with Crippen molar-refractivity contribution >= 4 is 45.0 Å². The van der Waals surface area contributed by atoms with Crippen LogP contribution >= 0.6 is 23.4 Å². The molecule has 29 heavy (non-hydrogen) atoms. The van der Waals surface area contributed by atoms with Crippen molar-refractivity contribution in [2.24, 2.45) is 0 Å². The Hall–Kier alpha value is -1.74. The predicted molar refractivity (Wildman–Crippen MR) is 116 cm³/mol. The molecule has 0 bridgehead atoms. The Kier molecular flexibility index (Phi) is 7.45. The second-order valence-corrected chi connectivity index (χ2v) is 9.86. The smallest absolute Gasteiger partial charge is 0.244 e. The average molecular weight is 455 g/mol. The van der Waals surface area contributed by atoms with Gasteiger partial charge >= 0.3 is 0 Å². The number of nitrogens with zero attached hydrogens (tertiary/aromatic N) is 1. The fourth-order valence-corrected chi connectivity index (χ4v) is 5.71. The zero-order valence-corrected chi connectivity index (χ0v) is 18.4. The third-order valence-corrected chi connectivity index (χ3v) is 7.79. The first-order valence-corrected chi connectivity index (χ1v) is 12.2. The lowest BCUT2D eigenvalue weighted by atomic mass is 10.3. The van der Waals surface area contributed by atoms with Crippen LogP contribution in [0.15, 0.2) is 52.3 Å². The van der Waals surface area contributed by atoms with Gasteiger partial charge < -0.3 is 10.1 Å². The quantitative estimate of drug-likeness (QED) is 0.603. The minimum absolute atomic E-state index is 0.0260. The Morgan fingerprint density at radius 1 is 1.17 bits per heavy atom.